The van der Waals surface area contributed by atoms with Crippen molar-refractivity contribution in [2.45, 2.75) is 38.3 Å². The van der Waals surface area contributed by atoms with E-state index in [1.54, 1.807) is 0 Å². The van der Waals surface area contributed by atoms with E-state index in [9.17, 15) is 13.2 Å². The predicted octanol–water partition coefficient (Wildman–Crippen LogP) is 2.29. The first-order valence-corrected chi connectivity index (χ1v) is 8.90. The zero-order valence-electron chi connectivity index (χ0n) is 7.66. The fraction of sp³-hybridized carbons (Fsp3) is 1.00. The van der Waals surface area contributed by atoms with Crippen LogP contribution >= 0.6 is 0 Å². The molecule has 0 saturated carbocycles. The summed E-state index contributed by atoms with van der Waals surface area (Å²) in [5, 5.41) is 0. The van der Waals surface area contributed by atoms with Gasteiger partial charge >= 0.3 is 6.18 Å². The SMILES string of the molecule is C[Si](C)(C)O[SiH2]CCC(F)(F)F. The quantitative estimate of drug-likeness (QED) is 0.517. The predicted molar refractivity (Wildman–Crippen MR) is 48.5 cm³/mol. The summed E-state index contributed by atoms with van der Waals surface area (Å²) >= 11 is 0. The van der Waals surface area contributed by atoms with Crippen molar-refractivity contribution < 1.29 is 17.3 Å². The van der Waals surface area contributed by atoms with E-state index >= 15 is 0 Å². The Morgan fingerprint density at radius 1 is 1.25 bits per heavy atom. The van der Waals surface area contributed by atoms with Crippen molar-refractivity contribution in [1.29, 1.82) is 0 Å². The molecule has 0 radical (unpaired) electrons. The summed E-state index contributed by atoms with van der Waals surface area (Å²) in [5.41, 5.74) is 0. The van der Waals surface area contributed by atoms with Crippen LogP contribution in [-0.2, 0) is 4.12 Å². The van der Waals surface area contributed by atoms with Crippen LogP contribution in [0.25, 0.3) is 0 Å². The largest absolute Gasteiger partial charge is 0.461 e. The van der Waals surface area contributed by atoms with Crippen molar-refractivity contribution in [2.75, 3.05) is 0 Å². The summed E-state index contributed by atoms with van der Waals surface area (Å²) in [6, 6.07) is 0.216. The highest BCUT2D eigenvalue weighted by Gasteiger charge is 2.26. The van der Waals surface area contributed by atoms with Gasteiger partial charge in [0.15, 0.2) is 8.32 Å². The van der Waals surface area contributed by atoms with Gasteiger partial charge in [0.1, 0.15) is 9.76 Å². The van der Waals surface area contributed by atoms with Crippen molar-refractivity contribution >= 4 is 18.1 Å². The first kappa shape index (κ1) is 12.2. The smallest absolute Gasteiger partial charge is 0.388 e. The minimum absolute atomic E-state index is 0.216. The van der Waals surface area contributed by atoms with E-state index in [2.05, 4.69) is 0 Å². The molecule has 0 aliphatic carbocycles. The molecule has 0 saturated heterocycles. The molecule has 0 atom stereocenters. The number of hydrogen-bond donors (Lipinski definition) is 0. The van der Waals surface area contributed by atoms with E-state index in [0.29, 0.717) is 0 Å². The lowest BCUT2D eigenvalue weighted by Gasteiger charge is -2.17. The van der Waals surface area contributed by atoms with Crippen molar-refractivity contribution in [3.63, 3.8) is 0 Å². The molecule has 12 heavy (non-hydrogen) atoms. The van der Waals surface area contributed by atoms with Crippen LogP contribution in [0.5, 0.6) is 0 Å². The molecule has 0 rings (SSSR count). The second-order valence-electron chi connectivity index (χ2n) is 3.68. The van der Waals surface area contributed by atoms with Crippen molar-refractivity contribution in [3.05, 3.63) is 0 Å². The van der Waals surface area contributed by atoms with Crippen LogP contribution < -0.4 is 0 Å². The van der Waals surface area contributed by atoms with E-state index in [4.69, 9.17) is 4.12 Å². The maximum Gasteiger partial charge on any atom is 0.388 e. The summed E-state index contributed by atoms with van der Waals surface area (Å²) in [6.45, 7) is 5.98. The molecule has 6 heteroatoms. The molecule has 1 nitrogen and oxygen atoms in total. The van der Waals surface area contributed by atoms with E-state index in [-0.39, 0.29) is 6.04 Å². The monoisotopic (exact) mass is 216 g/mol. The normalized spacial score (nSPS) is 14.5. The molecular formula is C6H15F3OSi2. The molecule has 0 spiro atoms. The average Bonchev–Trinajstić information content (AvgIpc) is 1.76. The van der Waals surface area contributed by atoms with Gasteiger partial charge in [0.05, 0.1) is 0 Å². The molecule has 74 valence electrons. The van der Waals surface area contributed by atoms with Crippen LogP contribution in [0.4, 0.5) is 13.2 Å². The maximum absolute atomic E-state index is 11.7. The summed E-state index contributed by atoms with van der Waals surface area (Å²) < 4.78 is 40.4. The first-order valence-electron chi connectivity index (χ1n) is 3.91. The van der Waals surface area contributed by atoms with Gasteiger partial charge in [-0.2, -0.15) is 13.2 Å². The Kier molecular flexibility index (Phi) is 4.50. The molecule has 0 amide bonds. The van der Waals surface area contributed by atoms with Gasteiger partial charge in [-0.25, -0.2) is 0 Å². The lowest BCUT2D eigenvalue weighted by Crippen LogP contribution is -2.27. The van der Waals surface area contributed by atoms with Gasteiger partial charge in [0.2, 0.25) is 0 Å². The molecule has 0 aliphatic heterocycles. The van der Waals surface area contributed by atoms with Crippen molar-refractivity contribution in [1.82, 2.24) is 0 Å². The van der Waals surface area contributed by atoms with Gasteiger partial charge in [-0.05, 0) is 25.7 Å². The summed E-state index contributed by atoms with van der Waals surface area (Å²) in [7, 11) is -2.49. The molecule has 0 bridgehead atoms. The van der Waals surface area contributed by atoms with E-state index in [0.717, 1.165) is 0 Å². The Morgan fingerprint density at radius 3 is 2.08 bits per heavy atom. The van der Waals surface area contributed by atoms with E-state index in [1.165, 1.54) is 0 Å². The number of rotatable bonds is 4. The van der Waals surface area contributed by atoms with E-state index in [1.807, 2.05) is 19.6 Å². The zero-order valence-corrected chi connectivity index (χ0v) is 10.1. The zero-order chi connectivity index (χ0) is 9.83. The number of hydrogen-bond acceptors (Lipinski definition) is 1. The Labute approximate surface area is 74.4 Å². The highest BCUT2D eigenvalue weighted by molar-refractivity contribution is 6.73. The molecule has 0 heterocycles. The highest BCUT2D eigenvalue weighted by Crippen LogP contribution is 2.21. The molecule has 0 aromatic heterocycles. The van der Waals surface area contributed by atoms with Gasteiger partial charge in [0, 0.05) is 6.42 Å². The first-order chi connectivity index (χ1) is 5.21. The maximum atomic E-state index is 11.7. The minimum Gasteiger partial charge on any atom is -0.461 e. The summed E-state index contributed by atoms with van der Waals surface area (Å²) in [4.78, 5) is 0. The van der Waals surface area contributed by atoms with Crippen LogP contribution in [0.3, 0.4) is 0 Å². The van der Waals surface area contributed by atoms with Gasteiger partial charge in [0.25, 0.3) is 0 Å². The third kappa shape index (κ3) is 10.2. The fourth-order valence-electron chi connectivity index (χ4n) is 0.651. The van der Waals surface area contributed by atoms with Crippen LogP contribution in [0.15, 0.2) is 0 Å². The van der Waals surface area contributed by atoms with Crippen LogP contribution in [0, 0.1) is 0 Å². The Morgan fingerprint density at radius 2 is 1.75 bits per heavy atom. The second kappa shape index (κ2) is 4.43. The Balaban J connectivity index is 3.35. The van der Waals surface area contributed by atoms with Crippen molar-refractivity contribution in [3.8, 4) is 0 Å². The molecule has 0 aromatic rings. The third-order valence-corrected chi connectivity index (χ3v) is 6.06. The lowest BCUT2D eigenvalue weighted by molar-refractivity contribution is -0.130. The fourth-order valence-corrected chi connectivity index (χ4v) is 4.22. The van der Waals surface area contributed by atoms with E-state index < -0.39 is 30.7 Å². The number of alkyl halides is 3. The molecule has 0 unspecified atom stereocenters. The Hall–Kier alpha value is 0.184. The lowest BCUT2D eigenvalue weighted by atomic mass is 10.5. The Bertz CT molecular complexity index is 114. The summed E-state index contributed by atoms with van der Waals surface area (Å²) in [6.07, 6.45) is -4.68. The molecule has 0 aromatic carbocycles. The number of halogens is 3. The second-order valence-corrected chi connectivity index (χ2v) is 10.2. The minimum atomic E-state index is -4.00. The van der Waals surface area contributed by atoms with Gasteiger partial charge in [-0.15, -0.1) is 0 Å². The molecule has 0 fully saturated rings. The van der Waals surface area contributed by atoms with Crippen LogP contribution in [0.1, 0.15) is 6.42 Å². The van der Waals surface area contributed by atoms with Gasteiger partial charge < -0.3 is 4.12 Å². The molecule has 0 aliphatic rings. The van der Waals surface area contributed by atoms with Crippen LogP contribution in [-0.4, -0.2) is 24.3 Å². The van der Waals surface area contributed by atoms with Crippen molar-refractivity contribution in [2.24, 2.45) is 0 Å². The summed E-state index contributed by atoms with van der Waals surface area (Å²) in [5.74, 6) is 0. The highest BCUT2D eigenvalue weighted by atomic mass is 28.4. The third-order valence-electron chi connectivity index (χ3n) is 1.14. The molecular weight excluding hydrogens is 201 g/mol. The standard InChI is InChI=1S/C6H15F3OSi2/c1-12(2,3)10-11-5-4-6(7,8)9/h4-5,11H2,1-3H3. The van der Waals surface area contributed by atoms with Gasteiger partial charge in [-0.3, -0.25) is 0 Å². The molecule has 0 N–H and O–H groups in total. The van der Waals surface area contributed by atoms with Gasteiger partial charge in [-0.1, -0.05) is 0 Å². The van der Waals surface area contributed by atoms with Crippen LogP contribution in [0.2, 0.25) is 25.7 Å². The average molecular weight is 216 g/mol. The topological polar surface area (TPSA) is 9.23 Å².